The summed E-state index contributed by atoms with van der Waals surface area (Å²) >= 11 is 1.75. The molecule has 0 bridgehead atoms. The molecule has 0 aliphatic rings. The van der Waals surface area contributed by atoms with Gasteiger partial charge in [-0.2, -0.15) is 0 Å². The van der Waals surface area contributed by atoms with E-state index in [1.807, 2.05) is 18.2 Å². The Kier molecular flexibility index (Phi) is 3.13. The summed E-state index contributed by atoms with van der Waals surface area (Å²) in [4.78, 5) is 0. The summed E-state index contributed by atoms with van der Waals surface area (Å²) in [5, 5.41) is 3.42. The molecule has 0 amide bonds. The molecule has 1 aromatic heterocycles. The first-order chi connectivity index (χ1) is 9.31. The van der Waals surface area contributed by atoms with Crippen molar-refractivity contribution in [1.29, 1.82) is 0 Å². The van der Waals surface area contributed by atoms with Gasteiger partial charge in [0.15, 0.2) is 0 Å². The number of ether oxygens (including phenoxy) is 2. The second kappa shape index (κ2) is 4.94. The van der Waals surface area contributed by atoms with E-state index in [1.54, 1.807) is 25.6 Å². The minimum absolute atomic E-state index is 0.876. The summed E-state index contributed by atoms with van der Waals surface area (Å²) < 4.78 is 11.8. The molecule has 0 radical (unpaired) electrons. The number of hydrogen-bond acceptors (Lipinski definition) is 3. The lowest BCUT2D eigenvalue weighted by molar-refractivity contribution is 0.415. The number of fused-ring (bicyclic) bond motifs is 1. The molecule has 0 saturated carbocycles. The third kappa shape index (κ3) is 2.17. The minimum Gasteiger partial charge on any atom is -0.497 e. The molecule has 2 aromatic carbocycles. The molecule has 0 atom stereocenters. The predicted octanol–water partition coefficient (Wildman–Crippen LogP) is 4.59. The zero-order valence-electron chi connectivity index (χ0n) is 10.8. The van der Waals surface area contributed by atoms with Crippen molar-refractivity contribution in [2.24, 2.45) is 0 Å². The molecule has 1 heterocycles. The zero-order valence-corrected chi connectivity index (χ0v) is 11.7. The average Bonchev–Trinajstić information content (AvgIpc) is 2.90. The molecule has 96 valence electrons. The highest BCUT2D eigenvalue weighted by atomic mass is 32.1. The maximum atomic E-state index is 5.30. The van der Waals surface area contributed by atoms with Crippen LogP contribution in [0.25, 0.3) is 21.2 Å². The van der Waals surface area contributed by atoms with Crippen LogP contribution in [0.3, 0.4) is 0 Å². The van der Waals surface area contributed by atoms with Crippen molar-refractivity contribution in [2.75, 3.05) is 14.2 Å². The van der Waals surface area contributed by atoms with Crippen molar-refractivity contribution < 1.29 is 9.47 Å². The largest absolute Gasteiger partial charge is 0.497 e. The van der Waals surface area contributed by atoms with Gasteiger partial charge in [-0.3, -0.25) is 0 Å². The van der Waals surface area contributed by atoms with Crippen molar-refractivity contribution in [3.63, 3.8) is 0 Å². The Morgan fingerprint density at radius 1 is 0.842 bits per heavy atom. The summed E-state index contributed by atoms with van der Waals surface area (Å²) in [6.07, 6.45) is 0. The highest BCUT2D eigenvalue weighted by Gasteiger charge is 2.07. The summed E-state index contributed by atoms with van der Waals surface area (Å²) in [7, 11) is 3.38. The van der Waals surface area contributed by atoms with Crippen LogP contribution < -0.4 is 9.47 Å². The van der Waals surface area contributed by atoms with E-state index >= 15 is 0 Å². The second-order valence-corrected chi connectivity index (χ2v) is 5.15. The van der Waals surface area contributed by atoms with Gasteiger partial charge in [0.2, 0.25) is 0 Å². The van der Waals surface area contributed by atoms with E-state index in [0.29, 0.717) is 0 Å². The fourth-order valence-corrected chi connectivity index (χ4v) is 3.08. The topological polar surface area (TPSA) is 18.5 Å². The maximum absolute atomic E-state index is 5.30. The van der Waals surface area contributed by atoms with Crippen molar-refractivity contribution >= 4 is 21.4 Å². The number of rotatable bonds is 3. The monoisotopic (exact) mass is 270 g/mol. The van der Waals surface area contributed by atoms with E-state index in [9.17, 15) is 0 Å². The van der Waals surface area contributed by atoms with Gasteiger partial charge in [0, 0.05) is 15.6 Å². The van der Waals surface area contributed by atoms with E-state index in [1.165, 1.54) is 21.2 Å². The Morgan fingerprint density at radius 2 is 1.53 bits per heavy atom. The van der Waals surface area contributed by atoms with Crippen LogP contribution in [0.4, 0.5) is 0 Å². The molecule has 0 aliphatic carbocycles. The van der Waals surface area contributed by atoms with Crippen LogP contribution in [0.5, 0.6) is 11.5 Å². The van der Waals surface area contributed by atoms with Gasteiger partial charge in [-0.05, 0) is 41.3 Å². The molecule has 19 heavy (non-hydrogen) atoms. The van der Waals surface area contributed by atoms with Crippen LogP contribution in [0.2, 0.25) is 0 Å². The summed E-state index contributed by atoms with van der Waals surface area (Å²) in [5.41, 5.74) is 2.43. The Morgan fingerprint density at radius 3 is 2.21 bits per heavy atom. The van der Waals surface area contributed by atoms with E-state index in [2.05, 4.69) is 29.6 Å². The lowest BCUT2D eigenvalue weighted by Gasteiger charge is -2.04. The van der Waals surface area contributed by atoms with Crippen molar-refractivity contribution in [1.82, 2.24) is 0 Å². The van der Waals surface area contributed by atoms with Crippen LogP contribution in [-0.2, 0) is 0 Å². The van der Waals surface area contributed by atoms with Gasteiger partial charge in [0.05, 0.1) is 14.2 Å². The van der Waals surface area contributed by atoms with Gasteiger partial charge < -0.3 is 9.47 Å². The highest BCUT2D eigenvalue weighted by Crippen LogP contribution is 2.36. The highest BCUT2D eigenvalue weighted by molar-refractivity contribution is 7.17. The lowest BCUT2D eigenvalue weighted by Crippen LogP contribution is -1.83. The van der Waals surface area contributed by atoms with Gasteiger partial charge in [0.25, 0.3) is 0 Å². The molecule has 2 nitrogen and oxygen atoms in total. The molecule has 0 aliphatic heterocycles. The third-order valence-electron chi connectivity index (χ3n) is 3.18. The van der Waals surface area contributed by atoms with E-state index < -0.39 is 0 Å². The molecule has 0 unspecified atom stereocenters. The van der Waals surface area contributed by atoms with E-state index in [0.717, 1.165) is 11.5 Å². The van der Waals surface area contributed by atoms with Crippen LogP contribution >= 0.6 is 11.3 Å². The quantitative estimate of drug-likeness (QED) is 0.693. The molecular weight excluding hydrogens is 256 g/mol. The van der Waals surface area contributed by atoms with Gasteiger partial charge >= 0.3 is 0 Å². The molecule has 0 spiro atoms. The van der Waals surface area contributed by atoms with Gasteiger partial charge in [0.1, 0.15) is 11.5 Å². The fourth-order valence-electron chi connectivity index (χ4n) is 2.13. The van der Waals surface area contributed by atoms with E-state index in [-0.39, 0.29) is 0 Å². The van der Waals surface area contributed by atoms with Gasteiger partial charge in [-0.25, -0.2) is 0 Å². The maximum Gasteiger partial charge on any atom is 0.119 e. The summed E-state index contributed by atoms with van der Waals surface area (Å²) in [6.45, 7) is 0. The van der Waals surface area contributed by atoms with Crippen molar-refractivity contribution in [3.8, 4) is 22.6 Å². The third-order valence-corrected chi connectivity index (χ3v) is 4.15. The normalized spacial score (nSPS) is 10.6. The summed E-state index contributed by atoms with van der Waals surface area (Å²) in [5.74, 6) is 1.77. The predicted molar refractivity (Wildman–Crippen MR) is 80.4 cm³/mol. The molecule has 0 saturated heterocycles. The van der Waals surface area contributed by atoms with Crippen LogP contribution in [-0.4, -0.2) is 14.2 Å². The molecule has 0 N–H and O–H groups in total. The van der Waals surface area contributed by atoms with Crippen molar-refractivity contribution in [3.05, 3.63) is 47.8 Å². The number of benzene rings is 2. The standard InChI is InChI=1S/C16H14O2S/c1-17-12-5-3-11(4-6-12)15-10-19-16-8-7-13(18-2)9-14(15)16/h3-10H,1-2H3. The minimum atomic E-state index is 0.876. The second-order valence-electron chi connectivity index (χ2n) is 4.24. The van der Waals surface area contributed by atoms with Crippen molar-refractivity contribution in [2.45, 2.75) is 0 Å². The fraction of sp³-hybridized carbons (Fsp3) is 0.125. The molecule has 0 fully saturated rings. The SMILES string of the molecule is COc1ccc(-c2csc3ccc(OC)cc23)cc1. The van der Waals surface area contributed by atoms with E-state index in [4.69, 9.17) is 9.47 Å². The summed E-state index contributed by atoms with van der Waals surface area (Å²) in [6, 6.07) is 14.3. The molecule has 3 aromatic rings. The number of hydrogen-bond donors (Lipinski definition) is 0. The smallest absolute Gasteiger partial charge is 0.119 e. The van der Waals surface area contributed by atoms with Gasteiger partial charge in [-0.1, -0.05) is 12.1 Å². The molecule has 3 heteroatoms. The average molecular weight is 270 g/mol. The number of thiophene rings is 1. The Labute approximate surface area is 116 Å². The first-order valence-corrected chi connectivity index (χ1v) is 6.89. The first kappa shape index (κ1) is 12.1. The zero-order chi connectivity index (χ0) is 13.2. The Balaban J connectivity index is 2.12. The molecular formula is C16H14O2S. The molecule has 3 rings (SSSR count). The van der Waals surface area contributed by atoms with Crippen LogP contribution in [0, 0.1) is 0 Å². The van der Waals surface area contributed by atoms with Crippen LogP contribution in [0.15, 0.2) is 47.8 Å². The Hall–Kier alpha value is -2.00. The Bertz CT molecular complexity index is 698. The lowest BCUT2D eigenvalue weighted by atomic mass is 10.0. The number of methoxy groups -OCH3 is 2. The van der Waals surface area contributed by atoms with Gasteiger partial charge in [-0.15, -0.1) is 11.3 Å². The first-order valence-electron chi connectivity index (χ1n) is 6.01. The van der Waals surface area contributed by atoms with Crippen LogP contribution in [0.1, 0.15) is 0 Å².